The highest BCUT2D eigenvalue weighted by atomic mass is 19.1. The lowest BCUT2D eigenvalue weighted by molar-refractivity contribution is 0.250. The van der Waals surface area contributed by atoms with Crippen LogP contribution in [0.15, 0.2) is 48.5 Å². The van der Waals surface area contributed by atoms with E-state index in [0.29, 0.717) is 0 Å². The van der Waals surface area contributed by atoms with Gasteiger partial charge in [0.2, 0.25) is 0 Å². The molecule has 0 radical (unpaired) electrons. The first-order valence-corrected chi connectivity index (χ1v) is 7.28. The number of hydrogen-bond acceptors (Lipinski definition) is 3. The number of hydrogen-bond donors (Lipinski definition) is 1. The number of benzene rings is 2. The normalized spacial score (nSPS) is 16.1. The summed E-state index contributed by atoms with van der Waals surface area (Å²) in [6, 6.07) is 15.6. The maximum absolute atomic E-state index is 13.5. The van der Waals surface area contributed by atoms with Gasteiger partial charge in [-0.3, -0.25) is 4.90 Å². The number of nitrogens with zero attached hydrogens (tertiary/aromatic N) is 2. The van der Waals surface area contributed by atoms with Gasteiger partial charge in [0.1, 0.15) is 5.82 Å². The van der Waals surface area contributed by atoms with Crippen LogP contribution < -0.4 is 10.6 Å². The van der Waals surface area contributed by atoms with Crippen molar-refractivity contribution in [1.82, 2.24) is 4.90 Å². The van der Waals surface area contributed by atoms with E-state index in [4.69, 9.17) is 5.73 Å². The molecule has 21 heavy (non-hydrogen) atoms. The maximum Gasteiger partial charge on any atom is 0.148 e. The SMILES string of the molecule is Nc1ccc(N2CCN(Cc3ccccc3)CC2)cc1F. The van der Waals surface area contributed by atoms with Crippen LogP contribution in [0.4, 0.5) is 15.8 Å². The predicted molar refractivity (Wildman–Crippen MR) is 84.7 cm³/mol. The summed E-state index contributed by atoms with van der Waals surface area (Å²) in [5.74, 6) is -0.334. The number of nitrogens with two attached hydrogens (primary N) is 1. The van der Waals surface area contributed by atoms with Crippen molar-refractivity contribution in [2.45, 2.75) is 6.54 Å². The molecule has 1 fully saturated rings. The largest absolute Gasteiger partial charge is 0.396 e. The lowest BCUT2D eigenvalue weighted by Crippen LogP contribution is -2.46. The van der Waals surface area contributed by atoms with E-state index in [1.54, 1.807) is 6.07 Å². The van der Waals surface area contributed by atoms with Gasteiger partial charge in [0.25, 0.3) is 0 Å². The molecule has 0 amide bonds. The van der Waals surface area contributed by atoms with E-state index >= 15 is 0 Å². The minimum absolute atomic E-state index is 0.210. The van der Waals surface area contributed by atoms with Gasteiger partial charge >= 0.3 is 0 Å². The molecule has 2 N–H and O–H groups in total. The molecular weight excluding hydrogens is 265 g/mol. The smallest absolute Gasteiger partial charge is 0.148 e. The van der Waals surface area contributed by atoms with Crippen molar-refractivity contribution in [3.63, 3.8) is 0 Å². The molecule has 0 saturated carbocycles. The van der Waals surface area contributed by atoms with Gasteiger partial charge in [-0.15, -0.1) is 0 Å². The molecule has 4 heteroatoms. The quantitative estimate of drug-likeness (QED) is 0.880. The van der Waals surface area contributed by atoms with E-state index in [-0.39, 0.29) is 11.5 Å². The Morgan fingerprint density at radius 2 is 1.67 bits per heavy atom. The fourth-order valence-electron chi connectivity index (χ4n) is 2.72. The molecular formula is C17H20FN3. The summed E-state index contributed by atoms with van der Waals surface area (Å²) in [5.41, 5.74) is 7.99. The summed E-state index contributed by atoms with van der Waals surface area (Å²) in [4.78, 5) is 4.64. The predicted octanol–water partition coefficient (Wildman–Crippen LogP) is 2.73. The summed E-state index contributed by atoms with van der Waals surface area (Å²) in [5, 5.41) is 0. The second-order valence-electron chi connectivity index (χ2n) is 5.45. The summed E-state index contributed by atoms with van der Waals surface area (Å²) in [7, 11) is 0. The molecule has 1 aliphatic heterocycles. The zero-order chi connectivity index (χ0) is 14.7. The lowest BCUT2D eigenvalue weighted by atomic mass is 10.2. The Hall–Kier alpha value is -2.07. The Bertz CT molecular complexity index is 592. The van der Waals surface area contributed by atoms with Gasteiger partial charge in [-0.05, 0) is 23.8 Å². The minimum Gasteiger partial charge on any atom is -0.396 e. The molecule has 0 unspecified atom stereocenters. The number of piperazine rings is 1. The van der Waals surface area contributed by atoms with Crippen LogP contribution in [0.5, 0.6) is 0 Å². The first-order chi connectivity index (χ1) is 10.2. The van der Waals surface area contributed by atoms with Crippen LogP contribution in [0, 0.1) is 5.82 Å². The molecule has 0 spiro atoms. The summed E-state index contributed by atoms with van der Waals surface area (Å²) < 4.78 is 13.5. The fourth-order valence-corrected chi connectivity index (χ4v) is 2.72. The number of halogens is 1. The number of anilines is 2. The Labute approximate surface area is 124 Å². The lowest BCUT2D eigenvalue weighted by Gasteiger charge is -2.36. The van der Waals surface area contributed by atoms with Gasteiger partial charge in [-0.2, -0.15) is 0 Å². The maximum atomic E-state index is 13.5. The van der Waals surface area contributed by atoms with E-state index in [1.165, 1.54) is 11.6 Å². The zero-order valence-corrected chi connectivity index (χ0v) is 12.0. The minimum atomic E-state index is -0.334. The van der Waals surface area contributed by atoms with Crippen LogP contribution in [0.1, 0.15) is 5.56 Å². The van der Waals surface area contributed by atoms with E-state index < -0.39 is 0 Å². The van der Waals surface area contributed by atoms with Crippen molar-refractivity contribution in [1.29, 1.82) is 0 Å². The van der Waals surface area contributed by atoms with Gasteiger partial charge in [0, 0.05) is 38.4 Å². The molecule has 1 saturated heterocycles. The van der Waals surface area contributed by atoms with Crippen molar-refractivity contribution in [3.05, 3.63) is 59.9 Å². The Morgan fingerprint density at radius 3 is 2.33 bits per heavy atom. The van der Waals surface area contributed by atoms with Gasteiger partial charge in [-0.25, -0.2) is 4.39 Å². The Kier molecular flexibility index (Phi) is 4.06. The highest BCUT2D eigenvalue weighted by Crippen LogP contribution is 2.21. The van der Waals surface area contributed by atoms with Gasteiger partial charge in [0.05, 0.1) is 5.69 Å². The molecule has 1 heterocycles. The van der Waals surface area contributed by atoms with Gasteiger partial charge in [-0.1, -0.05) is 30.3 Å². The van der Waals surface area contributed by atoms with Crippen LogP contribution in [0.2, 0.25) is 0 Å². The molecule has 2 aromatic carbocycles. The third kappa shape index (κ3) is 3.34. The van der Waals surface area contributed by atoms with Crippen molar-refractivity contribution in [3.8, 4) is 0 Å². The molecule has 0 aliphatic carbocycles. The van der Waals surface area contributed by atoms with Crippen LogP contribution in [0.25, 0.3) is 0 Å². The second kappa shape index (κ2) is 6.14. The topological polar surface area (TPSA) is 32.5 Å². The van der Waals surface area contributed by atoms with Crippen LogP contribution in [0.3, 0.4) is 0 Å². The van der Waals surface area contributed by atoms with Crippen LogP contribution in [-0.4, -0.2) is 31.1 Å². The van der Waals surface area contributed by atoms with Crippen molar-refractivity contribution >= 4 is 11.4 Å². The second-order valence-corrected chi connectivity index (χ2v) is 5.45. The van der Waals surface area contributed by atoms with Gasteiger partial charge < -0.3 is 10.6 Å². The average Bonchev–Trinajstić information content (AvgIpc) is 2.52. The third-order valence-electron chi connectivity index (χ3n) is 3.97. The molecule has 0 atom stereocenters. The Balaban J connectivity index is 1.58. The molecule has 0 bridgehead atoms. The monoisotopic (exact) mass is 285 g/mol. The highest BCUT2D eigenvalue weighted by Gasteiger charge is 2.17. The van der Waals surface area contributed by atoms with E-state index in [0.717, 1.165) is 38.4 Å². The van der Waals surface area contributed by atoms with Crippen molar-refractivity contribution in [2.24, 2.45) is 0 Å². The molecule has 2 aromatic rings. The first-order valence-electron chi connectivity index (χ1n) is 7.28. The molecule has 1 aliphatic rings. The van der Waals surface area contributed by atoms with E-state index in [9.17, 15) is 4.39 Å². The highest BCUT2D eigenvalue weighted by molar-refractivity contribution is 5.54. The molecule has 110 valence electrons. The van der Waals surface area contributed by atoms with Crippen LogP contribution >= 0.6 is 0 Å². The fraction of sp³-hybridized carbons (Fsp3) is 0.294. The van der Waals surface area contributed by atoms with E-state index in [2.05, 4.69) is 34.1 Å². The Morgan fingerprint density at radius 1 is 0.952 bits per heavy atom. The number of rotatable bonds is 3. The third-order valence-corrected chi connectivity index (χ3v) is 3.97. The summed E-state index contributed by atoms with van der Waals surface area (Å²) in [6.07, 6.45) is 0. The van der Waals surface area contributed by atoms with Gasteiger partial charge in [0.15, 0.2) is 0 Å². The van der Waals surface area contributed by atoms with Crippen molar-refractivity contribution in [2.75, 3.05) is 36.8 Å². The number of nitrogen functional groups attached to an aromatic ring is 1. The molecule has 3 rings (SSSR count). The summed E-state index contributed by atoms with van der Waals surface area (Å²) >= 11 is 0. The molecule has 0 aromatic heterocycles. The molecule has 3 nitrogen and oxygen atoms in total. The van der Waals surface area contributed by atoms with Crippen LogP contribution in [-0.2, 0) is 6.54 Å². The standard InChI is InChI=1S/C17H20FN3/c18-16-12-15(6-7-17(16)19)21-10-8-20(9-11-21)13-14-4-2-1-3-5-14/h1-7,12H,8-11,13,19H2. The summed E-state index contributed by atoms with van der Waals surface area (Å²) in [6.45, 7) is 4.78. The van der Waals surface area contributed by atoms with E-state index in [1.807, 2.05) is 12.1 Å². The van der Waals surface area contributed by atoms with Crippen molar-refractivity contribution < 1.29 is 4.39 Å². The zero-order valence-electron chi connectivity index (χ0n) is 12.0. The average molecular weight is 285 g/mol. The first kappa shape index (κ1) is 13.9.